The second kappa shape index (κ2) is 16.6. The van der Waals surface area contributed by atoms with E-state index >= 15 is 0 Å². The number of anilines is 3. The number of fused-ring (bicyclic) bond motifs is 1. The Bertz CT molecular complexity index is 2050. The van der Waals surface area contributed by atoms with Crippen molar-refractivity contribution in [1.29, 1.82) is 0 Å². The lowest BCUT2D eigenvalue weighted by Gasteiger charge is -2.25. The Labute approximate surface area is 317 Å². The first-order valence-corrected chi connectivity index (χ1v) is 17.7. The maximum absolute atomic E-state index is 13.0. The monoisotopic (exact) mass is 780 g/mol. The summed E-state index contributed by atoms with van der Waals surface area (Å²) in [5.41, 5.74) is 3.01. The Balaban J connectivity index is 1.05. The third-order valence-electron chi connectivity index (χ3n) is 9.16. The van der Waals surface area contributed by atoms with E-state index in [0.717, 1.165) is 30.4 Å². The summed E-state index contributed by atoms with van der Waals surface area (Å²) in [6, 6.07) is 18.5. The quantitative estimate of drug-likeness (QED) is 0.0958. The number of nitrogens with one attached hydrogen (secondary N) is 5. The summed E-state index contributed by atoms with van der Waals surface area (Å²) < 4.78 is 43.7. The number of rotatable bonds is 14. The molecular formula is C37H36ClF3N8O6. The summed E-state index contributed by atoms with van der Waals surface area (Å²) in [6.45, 7) is -1.95. The number of halogens is 4. The van der Waals surface area contributed by atoms with Crippen LogP contribution in [0.5, 0.6) is 6.01 Å². The summed E-state index contributed by atoms with van der Waals surface area (Å²) in [5, 5.41) is 23.4. The molecule has 2 aliphatic carbocycles. The summed E-state index contributed by atoms with van der Waals surface area (Å²) in [4.78, 5) is 62.1. The van der Waals surface area contributed by atoms with Crippen molar-refractivity contribution in [3.8, 4) is 6.01 Å². The fourth-order valence-corrected chi connectivity index (χ4v) is 6.31. The molecule has 3 amide bonds. The highest BCUT2D eigenvalue weighted by molar-refractivity contribution is 6.35. The van der Waals surface area contributed by atoms with Crippen LogP contribution in [0.4, 0.5) is 30.8 Å². The highest BCUT2D eigenvalue weighted by Crippen LogP contribution is 2.48. The third-order valence-corrected chi connectivity index (χ3v) is 9.41. The lowest BCUT2D eigenvalue weighted by Crippen LogP contribution is -2.51. The van der Waals surface area contributed by atoms with Gasteiger partial charge in [0, 0.05) is 35.3 Å². The molecule has 0 saturated heterocycles. The molecule has 18 heteroatoms. The molecule has 6 N–H and O–H groups in total. The van der Waals surface area contributed by atoms with Gasteiger partial charge in [-0.25, -0.2) is 4.79 Å². The number of carboxylic acids is 1. The largest absolute Gasteiger partial charge is 0.480 e. The van der Waals surface area contributed by atoms with E-state index in [2.05, 4.69) is 41.5 Å². The molecule has 0 aliphatic heterocycles. The van der Waals surface area contributed by atoms with E-state index in [-0.39, 0.29) is 29.9 Å². The minimum Gasteiger partial charge on any atom is -0.480 e. The van der Waals surface area contributed by atoms with Gasteiger partial charge in [0.2, 0.25) is 11.9 Å². The lowest BCUT2D eigenvalue weighted by atomic mass is 9.83. The highest BCUT2D eigenvalue weighted by Gasteiger charge is 2.45. The van der Waals surface area contributed by atoms with Gasteiger partial charge in [0.1, 0.15) is 6.04 Å². The molecule has 0 bridgehead atoms. The maximum Gasteiger partial charge on any atom is 0.422 e. The highest BCUT2D eigenvalue weighted by atomic mass is 35.5. The van der Waals surface area contributed by atoms with Crippen molar-refractivity contribution in [3.63, 3.8) is 0 Å². The number of alkyl halides is 3. The van der Waals surface area contributed by atoms with Crippen LogP contribution < -0.4 is 31.3 Å². The number of aliphatic carboxylic acids is 1. The van der Waals surface area contributed by atoms with Gasteiger partial charge in [-0.05, 0) is 85.2 Å². The van der Waals surface area contributed by atoms with Gasteiger partial charge in [0.05, 0.1) is 5.54 Å². The van der Waals surface area contributed by atoms with E-state index in [4.69, 9.17) is 16.3 Å². The number of carbonyl (C=O) groups is 4. The second-order valence-electron chi connectivity index (χ2n) is 13.2. The Hall–Kier alpha value is -5.97. The summed E-state index contributed by atoms with van der Waals surface area (Å²) in [6.07, 6.45) is -0.485. The van der Waals surface area contributed by atoms with E-state index in [1.807, 2.05) is 36.4 Å². The zero-order valence-electron chi connectivity index (χ0n) is 29.1. The fraction of sp³-hybridized carbons (Fsp3) is 0.324. The molecule has 2 aliphatic rings. The van der Waals surface area contributed by atoms with Gasteiger partial charge in [-0.3, -0.25) is 14.4 Å². The van der Waals surface area contributed by atoms with Gasteiger partial charge in [-0.1, -0.05) is 48.0 Å². The molecule has 55 heavy (non-hydrogen) atoms. The van der Waals surface area contributed by atoms with Gasteiger partial charge in [-0.15, -0.1) is 0 Å². The molecule has 1 unspecified atom stereocenters. The van der Waals surface area contributed by atoms with Crippen molar-refractivity contribution in [2.24, 2.45) is 0 Å². The number of carboxylic acid groups (broad SMARTS) is 1. The lowest BCUT2D eigenvalue weighted by molar-refractivity contribution is -0.154. The second-order valence-corrected chi connectivity index (χ2v) is 13.6. The predicted octanol–water partition coefficient (Wildman–Crippen LogP) is 4.85. The van der Waals surface area contributed by atoms with Gasteiger partial charge in [0.25, 0.3) is 5.91 Å². The molecule has 1 fully saturated rings. The van der Waals surface area contributed by atoms with E-state index in [0.29, 0.717) is 23.6 Å². The van der Waals surface area contributed by atoms with Crippen LogP contribution in [0.25, 0.3) is 0 Å². The molecular weight excluding hydrogens is 745 g/mol. The van der Waals surface area contributed by atoms with Crippen LogP contribution >= 0.6 is 11.6 Å². The number of amides is 3. The average molecular weight is 781 g/mol. The maximum atomic E-state index is 13.0. The van der Waals surface area contributed by atoms with Crippen molar-refractivity contribution in [3.05, 3.63) is 100 Å². The number of carbonyl (C=O) groups excluding carboxylic acids is 3. The third kappa shape index (κ3) is 10.4. The van der Waals surface area contributed by atoms with E-state index in [9.17, 15) is 37.5 Å². The number of hydrogen-bond donors (Lipinski definition) is 6. The van der Waals surface area contributed by atoms with Crippen molar-refractivity contribution >= 4 is 52.9 Å². The summed E-state index contributed by atoms with van der Waals surface area (Å²) in [7, 11) is 0. The van der Waals surface area contributed by atoms with Gasteiger partial charge >= 0.3 is 30.0 Å². The molecule has 3 aromatic carbocycles. The molecule has 2 atom stereocenters. The molecule has 14 nitrogen and oxygen atoms in total. The number of aryl methyl sites for hydroxylation is 1. The first kappa shape index (κ1) is 38.7. The van der Waals surface area contributed by atoms with E-state index < -0.39 is 60.6 Å². The Morgan fingerprint density at radius 2 is 1.60 bits per heavy atom. The Morgan fingerprint density at radius 1 is 0.909 bits per heavy atom. The van der Waals surface area contributed by atoms with Crippen LogP contribution in [0, 0.1) is 0 Å². The smallest absolute Gasteiger partial charge is 0.422 e. The van der Waals surface area contributed by atoms with Crippen LogP contribution in [-0.2, 0) is 26.3 Å². The number of ether oxygens (including phenoxy) is 1. The van der Waals surface area contributed by atoms with Crippen molar-refractivity contribution in [2.75, 3.05) is 30.3 Å². The zero-order chi connectivity index (χ0) is 39.2. The minimum absolute atomic E-state index is 0.0412. The molecule has 0 radical (unpaired) electrons. The predicted molar refractivity (Wildman–Crippen MR) is 194 cm³/mol. The van der Waals surface area contributed by atoms with Gasteiger partial charge in [-0.2, -0.15) is 28.1 Å². The van der Waals surface area contributed by atoms with Crippen LogP contribution in [0.3, 0.4) is 0 Å². The van der Waals surface area contributed by atoms with Crippen LogP contribution in [0.1, 0.15) is 58.6 Å². The number of benzene rings is 3. The van der Waals surface area contributed by atoms with Crippen LogP contribution in [-0.4, -0.2) is 75.7 Å². The number of nitrogens with zero attached hydrogens (tertiary/aromatic N) is 3. The van der Waals surface area contributed by atoms with E-state index in [1.165, 1.54) is 29.8 Å². The molecule has 6 rings (SSSR count). The van der Waals surface area contributed by atoms with Gasteiger partial charge < -0.3 is 36.4 Å². The minimum atomic E-state index is -4.65. The van der Waals surface area contributed by atoms with Crippen LogP contribution in [0.2, 0.25) is 5.02 Å². The topological polar surface area (TPSA) is 197 Å². The first-order chi connectivity index (χ1) is 26.3. The average Bonchev–Trinajstić information content (AvgIpc) is 3.94. The van der Waals surface area contributed by atoms with Crippen molar-refractivity contribution in [2.45, 2.75) is 55.8 Å². The Morgan fingerprint density at radius 3 is 2.29 bits per heavy atom. The number of aromatic nitrogens is 3. The first-order valence-electron chi connectivity index (χ1n) is 17.3. The van der Waals surface area contributed by atoms with Crippen LogP contribution in [0.15, 0.2) is 72.8 Å². The van der Waals surface area contributed by atoms with Crippen molar-refractivity contribution < 1.29 is 42.2 Å². The summed E-state index contributed by atoms with van der Waals surface area (Å²) in [5.74, 6) is -4.35. The molecule has 288 valence electrons. The molecule has 1 aromatic heterocycles. The molecule has 4 aromatic rings. The molecule has 1 heterocycles. The number of hydrogen-bond acceptors (Lipinski definition) is 10. The normalized spacial score (nSPS) is 16.1. The van der Waals surface area contributed by atoms with Gasteiger partial charge in [0.15, 0.2) is 6.61 Å². The fourth-order valence-electron chi connectivity index (χ4n) is 6.19. The SMILES string of the molecule is O=C(NCC1CCCc2ccccc21)C(=O)NC[C@@H](NC(=O)c1ccc(Nc2nc(NC3(c4ccc(Cl)cc4)CC3)nc(OCC(F)(F)F)n2)cc1)C(=O)O. The van der Waals surface area contributed by atoms with Crippen molar-refractivity contribution in [1.82, 2.24) is 30.9 Å². The molecule has 1 saturated carbocycles. The van der Waals surface area contributed by atoms with E-state index in [1.54, 1.807) is 12.1 Å². The zero-order valence-corrected chi connectivity index (χ0v) is 29.8. The Kier molecular flexibility index (Phi) is 11.7. The standard InChI is InChI=1S/C37H36ClF3N8O6/c38-25-12-10-24(11-13-25)36(16-17-36)49-34-46-33(47-35(48-34)55-20-37(39,40)41)44-26-14-8-22(9-15-26)29(50)45-28(32(53)54)19-43-31(52)30(51)42-18-23-6-3-5-21-4-1-2-7-27(21)23/h1-2,4,7-15,23,28H,3,5-6,16-20H2,(H,42,51)(H,43,52)(H,45,50)(H,53,54)(H2,44,46,47,48,49)/t23?,28-/m1/s1. The summed E-state index contributed by atoms with van der Waals surface area (Å²) >= 11 is 6.02. The molecule has 0 spiro atoms.